The highest BCUT2D eigenvalue weighted by atomic mass is 32.2. The van der Waals surface area contributed by atoms with Gasteiger partial charge in [-0.15, -0.1) is 0 Å². The first-order valence-corrected chi connectivity index (χ1v) is 7.92. The van der Waals surface area contributed by atoms with Crippen molar-refractivity contribution < 1.29 is 13.2 Å². The quantitative estimate of drug-likeness (QED) is 0.657. The second kappa shape index (κ2) is 6.49. The summed E-state index contributed by atoms with van der Waals surface area (Å²) < 4.78 is 25.8. The zero-order valence-electron chi connectivity index (χ0n) is 11.1. The number of hydrogen-bond acceptors (Lipinski definition) is 4. The van der Waals surface area contributed by atoms with Crippen molar-refractivity contribution in [2.75, 3.05) is 25.4 Å². The second-order valence-corrected chi connectivity index (χ2v) is 7.20. The van der Waals surface area contributed by atoms with Crippen molar-refractivity contribution in [1.82, 2.24) is 9.62 Å². The SMILES string of the molecule is CC(C)CCS(=O)(=O)N(CC(N)=O)C1CCNC1. The molecule has 0 aromatic carbocycles. The van der Waals surface area contributed by atoms with Gasteiger partial charge < -0.3 is 11.1 Å². The minimum atomic E-state index is -3.40. The van der Waals surface area contributed by atoms with E-state index in [1.807, 2.05) is 13.8 Å². The minimum absolute atomic E-state index is 0.0778. The van der Waals surface area contributed by atoms with Gasteiger partial charge in [0, 0.05) is 12.6 Å². The van der Waals surface area contributed by atoms with Crippen LogP contribution in [-0.2, 0) is 14.8 Å². The number of hydrogen-bond donors (Lipinski definition) is 2. The van der Waals surface area contributed by atoms with Gasteiger partial charge in [0.1, 0.15) is 0 Å². The van der Waals surface area contributed by atoms with Crippen LogP contribution < -0.4 is 11.1 Å². The van der Waals surface area contributed by atoms with Crippen LogP contribution in [0.4, 0.5) is 0 Å². The third-order valence-corrected chi connectivity index (χ3v) is 4.96. The topological polar surface area (TPSA) is 92.5 Å². The predicted molar refractivity (Wildman–Crippen MR) is 70.4 cm³/mol. The fourth-order valence-corrected chi connectivity index (χ4v) is 3.96. The van der Waals surface area contributed by atoms with Crippen LogP contribution >= 0.6 is 0 Å². The Kier molecular flexibility index (Phi) is 5.55. The Morgan fingerprint density at radius 3 is 2.61 bits per heavy atom. The van der Waals surface area contributed by atoms with Crippen LogP contribution in [0.25, 0.3) is 0 Å². The highest BCUT2D eigenvalue weighted by Gasteiger charge is 2.32. The summed E-state index contributed by atoms with van der Waals surface area (Å²) in [5, 5.41) is 3.10. The average Bonchev–Trinajstić information content (AvgIpc) is 2.76. The van der Waals surface area contributed by atoms with E-state index in [4.69, 9.17) is 5.73 Å². The summed E-state index contributed by atoms with van der Waals surface area (Å²) in [7, 11) is -3.40. The first kappa shape index (κ1) is 15.4. The van der Waals surface area contributed by atoms with E-state index in [0.29, 0.717) is 18.9 Å². The molecule has 0 bridgehead atoms. The molecule has 3 N–H and O–H groups in total. The molecule has 0 aromatic heterocycles. The molecule has 6 nitrogen and oxygen atoms in total. The van der Waals surface area contributed by atoms with E-state index in [1.54, 1.807) is 0 Å². The van der Waals surface area contributed by atoms with E-state index in [1.165, 1.54) is 4.31 Å². The molecule has 0 radical (unpaired) electrons. The van der Waals surface area contributed by atoms with E-state index >= 15 is 0 Å². The summed E-state index contributed by atoms with van der Waals surface area (Å²) in [6, 6.07) is -0.144. The van der Waals surface area contributed by atoms with Gasteiger partial charge in [0.05, 0.1) is 12.3 Å². The molecule has 1 heterocycles. The van der Waals surface area contributed by atoms with Gasteiger partial charge in [-0.1, -0.05) is 13.8 Å². The minimum Gasteiger partial charge on any atom is -0.369 e. The third kappa shape index (κ3) is 4.55. The molecular weight excluding hydrogens is 254 g/mol. The number of nitrogens with two attached hydrogens (primary N) is 1. The van der Waals surface area contributed by atoms with Gasteiger partial charge in [-0.2, -0.15) is 4.31 Å². The van der Waals surface area contributed by atoms with Crippen molar-refractivity contribution in [3.8, 4) is 0 Å². The maximum Gasteiger partial charge on any atom is 0.232 e. The number of carbonyl (C=O) groups excluding carboxylic acids is 1. The number of rotatable bonds is 7. The third-order valence-electron chi connectivity index (χ3n) is 3.06. The predicted octanol–water partition coefficient (Wildman–Crippen LogP) is -0.488. The largest absolute Gasteiger partial charge is 0.369 e. The molecule has 18 heavy (non-hydrogen) atoms. The lowest BCUT2D eigenvalue weighted by Gasteiger charge is -2.26. The highest BCUT2D eigenvalue weighted by molar-refractivity contribution is 7.89. The van der Waals surface area contributed by atoms with E-state index in [-0.39, 0.29) is 18.3 Å². The van der Waals surface area contributed by atoms with E-state index in [0.717, 1.165) is 13.0 Å². The standard InChI is InChI=1S/C11H23N3O3S/c1-9(2)4-6-18(16,17)14(8-11(12)15)10-3-5-13-7-10/h9-10,13H,3-8H2,1-2H3,(H2,12,15). The number of nitrogens with zero attached hydrogens (tertiary/aromatic N) is 1. The molecule has 0 aliphatic carbocycles. The summed E-state index contributed by atoms with van der Waals surface area (Å²) in [6.45, 7) is 5.11. The Labute approximate surface area is 109 Å². The molecule has 1 amide bonds. The van der Waals surface area contributed by atoms with E-state index < -0.39 is 15.9 Å². The summed E-state index contributed by atoms with van der Waals surface area (Å²) in [5.41, 5.74) is 5.15. The van der Waals surface area contributed by atoms with Gasteiger partial charge in [-0.3, -0.25) is 4.79 Å². The molecule has 7 heteroatoms. The Balaban J connectivity index is 2.76. The van der Waals surface area contributed by atoms with Crippen molar-refractivity contribution in [3.63, 3.8) is 0 Å². The second-order valence-electron chi connectivity index (χ2n) is 5.16. The number of sulfonamides is 1. The van der Waals surface area contributed by atoms with Crippen molar-refractivity contribution in [2.45, 2.75) is 32.7 Å². The molecule has 1 atom stereocenters. The molecule has 1 fully saturated rings. The van der Waals surface area contributed by atoms with Gasteiger partial charge >= 0.3 is 0 Å². The molecule has 1 unspecified atom stereocenters. The lowest BCUT2D eigenvalue weighted by Crippen LogP contribution is -2.47. The summed E-state index contributed by atoms with van der Waals surface area (Å²) in [4.78, 5) is 11.0. The maximum absolute atomic E-state index is 12.2. The summed E-state index contributed by atoms with van der Waals surface area (Å²) >= 11 is 0. The summed E-state index contributed by atoms with van der Waals surface area (Å²) in [6.07, 6.45) is 1.33. The van der Waals surface area contributed by atoms with Gasteiger partial charge in [0.15, 0.2) is 0 Å². The van der Waals surface area contributed by atoms with Gasteiger partial charge in [0.25, 0.3) is 0 Å². The van der Waals surface area contributed by atoms with Crippen LogP contribution in [0.2, 0.25) is 0 Å². The Morgan fingerprint density at radius 2 is 2.17 bits per heavy atom. The molecule has 106 valence electrons. The summed E-state index contributed by atoms with van der Waals surface area (Å²) in [5.74, 6) is -0.207. The highest BCUT2D eigenvalue weighted by Crippen LogP contribution is 2.15. The van der Waals surface area contributed by atoms with Crippen LogP contribution in [0, 0.1) is 5.92 Å². The zero-order valence-corrected chi connectivity index (χ0v) is 11.9. The van der Waals surface area contributed by atoms with E-state index in [9.17, 15) is 13.2 Å². The first-order chi connectivity index (χ1) is 8.33. The molecular formula is C11H23N3O3S. The Morgan fingerprint density at radius 1 is 1.50 bits per heavy atom. The monoisotopic (exact) mass is 277 g/mol. The van der Waals surface area contributed by atoms with Crippen molar-refractivity contribution in [1.29, 1.82) is 0 Å². The first-order valence-electron chi connectivity index (χ1n) is 6.31. The molecule has 1 rings (SSSR count). The van der Waals surface area contributed by atoms with Gasteiger partial charge in [-0.25, -0.2) is 8.42 Å². The molecule has 0 spiro atoms. The number of carbonyl (C=O) groups is 1. The fourth-order valence-electron chi connectivity index (χ4n) is 2.00. The van der Waals surface area contributed by atoms with Gasteiger partial charge in [0.2, 0.25) is 15.9 Å². The maximum atomic E-state index is 12.2. The molecule has 1 saturated heterocycles. The van der Waals surface area contributed by atoms with Crippen LogP contribution in [-0.4, -0.2) is 50.1 Å². The van der Waals surface area contributed by atoms with Crippen LogP contribution in [0.1, 0.15) is 26.7 Å². The number of nitrogens with one attached hydrogen (secondary N) is 1. The zero-order chi connectivity index (χ0) is 13.8. The molecule has 1 aliphatic heterocycles. The van der Waals surface area contributed by atoms with Crippen LogP contribution in [0.5, 0.6) is 0 Å². The van der Waals surface area contributed by atoms with Gasteiger partial charge in [-0.05, 0) is 25.3 Å². The Bertz CT molecular complexity index is 375. The smallest absolute Gasteiger partial charge is 0.232 e. The van der Waals surface area contributed by atoms with Crippen molar-refractivity contribution in [2.24, 2.45) is 11.7 Å². The average molecular weight is 277 g/mol. The number of primary amides is 1. The number of amides is 1. The van der Waals surface area contributed by atoms with Crippen LogP contribution in [0.3, 0.4) is 0 Å². The fraction of sp³-hybridized carbons (Fsp3) is 0.909. The normalized spacial score (nSPS) is 20.8. The lowest BCUT2D eigenvalue weighted by molar-refractivity contribution is -0.118. The molecule has 0 aromatic rings. The van der Waals surface area contributed by atoms with Crippen molar-refractivity contribution in [3.05, 3.63) is 0 Å². The molecule has 0 saturated carbocycles. The van der Waals surface area contributed by atoms with Crippen LogP contribution in [0.15, 0.2) is 0 Å². The molecule has 1 aliphatic rings. The lowest BCUT2D eigenvalue weighted by atomic mass is 10.2. The van der Waals surface area contributed by atoms with Crippen molar-refractivity contribution >= 4 is 15.9 Å². The van der Waals surface area contributed by atoms with E-state index in [2.05, 4.69) is 5.32 Å². The Hall–Kier alpha value is -0.660.